The number of hydrogen-bond donors (Lipinski definition) is 1. The van der Waals surface area contributed by atoms with Gasteiger partial charge in [0.1, 0.15) is 0 Å². The van der Waals surface area contributed by atoms with Gasteiger partial charge in [0, 0.05) is 31.3 Å². The molecule has 0 aromatic rings. The molecule has 0 saturated heterocycles. The van der Waals surface area contributed by atoms with Crippen LogP contribution in [0.25, 0.3) is 0 Å². The average molecular weight is 181 g/mol. The maximum Gasteiger partial charge on any atom is 0.157 e. The maximum atomic E-state index is 10.9. The Labute approximate surface area is 78.1 Å². The fourth-order valence-electron chi connectivity index (χ4n) is 1.85. The van der Waals surface area contributed by atoms with E-state index in [4.69, 9.17) is 4.74 Å². The van der Waals surface area contributed by atoms with E-state index in [2.05, 4.69) is 5.32 Å². The summed E-state index contributed by atoms with van der Waals surface area (Å²) in [5, 5.41) is 3.37. The molecule has 72 valence electrons. The number of methoxy groups -OCH3 is 1. The molecule has 3 heteroatoms. The third-order valence-corrected chi connectivity index (χ3v) is 2.79. The number of carbonyl (C=O) groups is 1. The van der Waals surface area contributed by atoms with Crippen molar-refractivity contribution in [2.24, 2.45) is 0 Å². The summed E-state index contributed by atoms with van der Waals surface area (Å²) in [5.41, 5.74) is 1.12. The fourth-order valence-corrected chi connectivity index (χ4v) is 1.85. The molecule has 1 N–H and O–H groups in total. The maximum absolute atomic E-state index is 10.9. The fraction of sp³-hybridized carbons (Fsp3) is 0.700. The lowest BCUT2D eigenvalue weighted by Gasteiger charge is -2.35. The van der Waals surface area contributed by atoms with Crippen molar-refractivity contribution in [1.29, 1.82) is 0 Å². The van der Waals surface area contributed by atoms with Crippen molar-refractivity contribution in [1.82, 2.24) is 5.32 Å². The van der Waals surface area contributed by atoms with E-state index >= 15 is 0 Å². The lowest BCUT2D eigenvalue weighted by atomic mass is 9.89. The zero-order valence-corrected chi connectivity index (χ0v) is 7.88. The second-order valence-corrected chi connectivity index (χ2v) is 3.81. The smallest absolute Gasteiger partial charge is 0.157 e. The highest BCUT2D eigenvalue weighted by Crippen LogP contribution is 2.25. The molecule has 2 aliphatic carbocycles. The summed E-state index contributed by atoms with van der Waals surface area (Å²) < 4.78 is 5.18. The van der Waals surface area contributed by atoms with Gasteiger partial charge in [0.05, 0.1) is 6.10 Å². The Kier molecular flexibility index (Phi) is 2.36. The predicted octanol–water partition coefficient (Wildman–Crippen LogP) is 1.00. The van der Waals surface area contributed by atoms with Crippen molar-refractivity contribution in [3.8, 4) is 0 Å². The second kappa shape index (κ2) is 3.50. The minimum Gasteiger partial charge on any atom is -0.385 e. The quantitative estimate of drug-likeness (QED) is 0.706. The first-order chi connectivity index (χ1) is 6.28. The van der Waals surface area contributed by atoms with Crippen LogP contribution in [0.5, 0.6) is 0 Å². The van der Waals surface area contributed by atoms with Crippen LogP contribution in [0.2, 0.25) is 0 Å². The van der Waals surface area contributed by atoms with Gasteiger partial charge in [-0.15, -0.1) is 0 Å². The Morgan fingerprint density at radius 1 is 1.46 bits per heavy atom. The van der Waals surface area contributed by atoms with Crippen LogP contribution in [0.3, 0.4) is 0 Å². The third-order valence-electron chi connectivity index (χ3n) is 2.79. The Hall–Kier alpha value is -0.830. The number of carbonyl (C=O) groups excluding carboxylic acids is 1. The van der Waals surface area contributed by atoms with Gasteiger partial charge in [-0.1, -0.05) is 0 Å². The van der Waals surface area contributed by atoms with Gasteiger partial charge in [0.2, 0.25) is 0 Å². The van der Waals surface area contributed by atoms with Gasteiger partial charge < -0.3 is 10.1 Å². The van der Waals surface area contributed by atoms with E-state index < -0.39 is 0 Å². The second-order valence-electron chi connectivity index (χ2n) is 3.81. The Balaban J connectivity index is 1.75. The minimum absolute atomic E-state index is 0.255. The molecule has 1 saturated carbocycles. The van der Waals surface area contributed by atoms with Crippen molar-refractivity contribution in [3.05, 3.63) is 11.8 Å². The van der Waals surface area contributed by atoms with Crippen LogP contribution in [0.1, 0.15) is 25.7 Å². The molecule has 2 rings (SSSR count). The number of ketones is 1. The first-order valence-corrected chi connectivity index (χ1v) is 4.80. The summed E-state index contributed by atoms with van der Waals surface area (Å²) >= 11 is 0. The third kappa shape index (κ3) is 1.91. The molecule has 3 nitrogen and oxygen atoms in total. The SMILES string of the molecule is COC1CC(NC2=CC(=O)CC2)C1. The van der Waals surface area contributed by atoms with Gasteiger partial charge in [-0.25, -0.2) is 0 Å². The summed E-state index contributed by atoms with van der Waals surface area (Å²) in [6, 6.07) is 0.530. The zero-order chi connectivity index (χ0) is 9.26. The molecule has 13 heavy (non-hydrogen) atoms. The van der Waals surface area contributed by atoms with E-state index in [9.17, 15) is 4.79 Å². The highest BCUT2D eigenvalue weighted by molar-refractivity contribution is 5.92. The van der Waals surface area contributed by atoms with Crippen molar-refractivity contribution in [2.75, 3.05) is 7.11 Å². The molecule has 0 amide bonds. The lowest BCUT2D eigenvalue weighted by Crippen LogP contribution is -2.44. The Morgan fingerprint density at radius 3 is 2.77 bits per heavy atom. The Bertz CT molecular complexity index is 241. The summed E-state index contributed by atoms with van der Waals surface area (Å²) in [5.74, 6) is 0.255. The Morgan fingerprint density at radius 2 is 2.23 bits per heavy atom. The average Bonchev–Trinajstić information content (AvgIpc) is 2.43. The first kappa shape index (κ1) is 8.75. The largest absolute Gasteiger partial charge is 0.385 e. The van der Waals surface area contributed by atoms with Crippen molar-refractivity contribution in [2.45, 2.75) is 37.8 Å². The highest BCUT2D eigenvalue weighted by atomic mass is 16.5. The monoisotopic (exact) mass is 181 g/mol. The summed E-state index contributed by atoms with van der Waals surface area (Å²) in [6.07, 6.45) is 5.88. The number of hydrogen-bond acceptors (Lipinski definition) is 3. The summed E-state index contributed by atoms with van der Waals surface area (Å²) in [7, 11) is 1.75. The normalized spacial score (nSPS) is 32.7. The van der Waals surface area contributed by atoms with Crippen LogP contribution >= 0.6 is 0 Å². The van der Waals surface area contributed by atoms with Crippen molar-refractivity contribution < 1.29 is 9.53 Å². The molecule has 0 unspecified atom stereocenters. The molecule has 2 aliphatic rings. The number of ether oxygens (including phenoxy) is 1. The van der Waals surface area contributed by atoms with Gasteiger partial charge in [-0.05, 0) is 19.3 Å². The minimum atomic E-state index is 0.255. The van der Waals surface area contributed by atoms with Gasteiger partial charge in [-0.2, -0.15) is 0 Å². The number of rotatable bonds is 3. The molecule has 1 fully saturated rings. The van der Waals surface area contributed by atoms with Gasteiger partial charge in [0.15, 0.2) is 5.78 Å². The zero-order valence-electron chi connectivity index (χ0n) is 7.88. The van der Waals surface area contributed by atoms with E-state index in [0.717, 1.165) is 25.0 Å². The van der Waals surface area contributed by atoms with E-state index in [1.165, 1.54) is 0 Å². The van der Waals surface area contributed by atoms with Crippen molar-refractivity contribution >= 4 is 5.78 Å². The number of nitrogens with one attached hydrogen (secondary N) is 1. The molecule has 0 spiro atoms. The molecule has 0 heterocycles. The van der Waals surface area contributed by atoms with E-state index in [-0.39, 0.29) is 5.78 Å². The topological polar surface area (TPSA) is 38.3 Å². The molecule has 0 aromatic heterocycles. The van der Waals surface area contributed by atoms with Gasteiger partial charge in [-0.3, -0.25) is 4.79 Å². The summed E-state index contributed by atoms with van der Waals surface area (Å²) in [4.78, 5) is 10.9. The number of allylic oxidation sites excluding steroid dienone is 2. The molecule has 0 bridgehead atoms. The standard InChI is InChI=1S/C10H15NO2/c1-13-10-5-8(6-10)11-7-2-3-9(12)4-7/h4,8,10-11H,2-3,5-6H2,1H3. The van der Waals surface area contributed by atoms with Gasteiger partial charge >= 0.3 is 0 Å². The van der Waals surface area contributed by atoms with Crippen LogP contribution < -0.4 is 5.32 Å². The van der Waals surface area contributed by atoms with E-state index in [1.54, 1.807) is 13.2 Å². The molecule has 0 radical (unpaired) electrons. The first-order valence-electron chi connectivity index (χ1n) is 4.80. The van der Waals surface area contributed by atoms with Crippen molar-refractivity contribution in [3.63, 3.8) is 0 Å². The van der Waals surface area contributed by atoms with Crippen LogP contribution in [0.4, 0.5) is 0 Å². The predicted molar refractivity (Wildman–Crippen MR) is 49.3 cm³/mol. The molecular weight excluding hydrogens is 166 g/mol. The molecule has 0 aliphatic heterocycles. The molecule has 0 atom stereocenters. The molecule has 0 aromatic carbocycles. The van der Waals surface area contributed by atoms with E-state index in [1.807, 2.05) is 0 Å². The van der Waals surface area contributed by atoms with Crippen LogP contribution in [-0.4, -0.2) is 25.0 Å². The lowest BCUT2D eigenvalue weighted by molar-refractivity contribution is -0.114. The van der Waals surface area contributed by atoms with E-state index in [0.29, 0.717) is 18.6 Å². The van der Waals surface area contributed by atoms with Crippen LogP contribution in [-0.2, 0) is 9.53 Å². The molecular formula is C10H15NO2. The van der Waals surface area contributed by atoms with Crippen LogP contribution in [0.15, 0.2) is 11.8 Å². The van der Waals surface area contributed by atoms with Gasteiger partial charge in [0.25, 0.3) is 0 Å². The summed E-state index contributed by atoms with van der Waals surface area (Å²) in [6.45, 7) is 0. The van der Waals surface area contributed by atoms with Crippen LogP contribution in [0, 0.1) is 0 Å². The highest BCUT2D eigenvalue weighted by Gasteiger charge is 2.29.